The van der Waals surface area contributed by atoms with Crippen LogP contribution in [0, 0.1) is 0 Å². The largest absolute Gasteiger partial charge is 0.408 e. The minimum absolute atomic E-state index is 0.142. The van der Waals surface area contributed by atoms with Gasteiger partial charge in [0.15, 0.2) is 5.82 Å². The third-order valence-electron chi connectivity index (χ3n) is 3.60. The minimum Gasteiger partial charge on any atom is -0.377 e. The second-order valence-corrected chi connectivity index (χ2v) is 5.37. The Kier molecular flexibility index (Phi) is 4.52. The van der Waals surface area contributed by atoms with Crippen molar-refractivity contribution in [2.45, 2.75) is 18.8 Å². The van der Waals surface area contributed by atoms with Crippen molar-refractivity contribution in [1.29, 1.82) is 0 Å². The molecule has 1 aliphatic heterocycles. The smallest absolute Gasteiger partial charge is 0.377 e. The number of ether oxygens (including phenoxy) is 1. The Hall–Kier alpha value is -2.42. The molecule has 3 rings (SSSR count). The molecule has 1 saturated heterocycles. The van der Waals surface area contributed by atoms with Gasteiger partial charge in [-0.25, -0.2) is 9.67 Å². The lowest BCUT2D eigenvalue weighted by atomic mass is 10.1. The second-order valence-electron chi connectivity index (χ2n) is 5.37. The Morgan fingerprint density at radius 3 is 2.75 bits per heavy atom. The van der Waals surface area contributed by atoms with E-state index in [9.17, 15) is 18.0 Å². The number of amides is 1. The van der Waals surface area contributed by atoms with Gasteiger partial charge in [-0.3, -0.25) is 4.79 Å². The normalized spacial score (nSPS) is 18.6. The minimum atomic E-state index is -4.38. The SMILES string of the molecule is O=C(c1ccccc1)N1CCOC[C@@H]1c1ncn(CC(F)(F)F)n1. The van der Waals surface area contributed by atoms with Crippen LogP contribution in [0.15, 0.2) is 36.7 Å². The molecule has 0 N–H and O–H groups in total. The Morgan fingerprint density at radius 1 is 1.29 bits per heavy atom. The third-order valence-corrected chi connectivity index (χ3v) is 3.60. The summed E-state index contributed by atoms with van der Waals surface area (Å²) in [6.07, 6.45) is -3.36. The highest BCUT2D eigenvalue weighted by Gasteiger charge is 2.33. The quantitative estimate of drug-likeness (QED) is 0.858. The lowest BCUT2D eigenvalue weighted by molar-refractivity contribution is -0.142. The first-order valence-electron chi connectivity index (χ1n) is 7.34. The molecule has 6 nitrogen and oxygen atoms in total. The summed E-state index contributed by atoms with van der Waals surface area (Å²) in [4.78, 5) is 18.1. The van der Waals surface area contributed by atoms with Gasteiger partial charge in [-0.15, -0.1) is 0 Å². The standard InChI is InChI=1S/C15H15F3N4O2/c16-15(17,18)9-21-10-19-13(20-21)12-8-24-7-6-22(12)14(23)11-4-2-1-3-5-11/h1-5,10,12H,6-9H2/t12-/m1/s1. The van der Waals surface area contributed by atoms with Crippen LogP contribution < -0.4 is 0 Å². The number of hydrogen-bond donors (Lipinski definition) is 0. The van der Waals surface area contributed by atoms with Gasteiger partial charge < -0.3 is 9.64 Å². The lowest BCUT2D eigenvalue weighted by Crippen LogP contribution is -2.44. The number of nitrogens with zero attached hydrogens (tertiary/aromatic N) is 4. The number of aromatic nitrogens is 3. The molecule has 1 aliphatic rings. The van der Waals surface area contributed by atoms with E-state index in [1.165, 1.54) is 4.90 Å². The van der Waals surface area contributed by atoms with Gasteiger partial charge in [0.1, 0.15) is 18.9 Å². The van der Waals surface area contributed by atoms with Crippen LogP contribution in [0.5, 0.6) is 0 Å². The predicted octanol–water partition coefficient (Wildman–Crippen LogP) is 2.05. The van der Waals surface area contributed by atoms with Crippen LogP contribution in [-0.4, -0.2) is 51.5 Å². The number of carbonyl (C=O) groups excluding carboxylic acids is 1. The maximum absolute atomic E-state index is 12.6. The van der Waals surface area contributed by atoms with E-state index in [0.29, 0.717) is 18.7 Å². The molecule has 9 heteroatoms. The Labute approximate surface area is 135 Å². The summed E-state index contributed by atoms with van der Waals surface area (Å²) in [6.45, 7) is -0.390. The van der Waals surface area contributed by atoms with Crippen molar-refractivity contribution in [2.24, 2.45) is 0 Å². The molecule has 1 aromatic heterocycles. The second kappa shape index (κ2) is 6.60. The molecule has 0 unspecified atom stereocenters. The number of alkyl halides is 3. The maximum atomic E-state index is 12.6. The molecule has 0 radical (unpaired) electrons. The molecule has 1 fully saturated rings. The van der Waals surface area contributed by atoms with Crippen LogP contribution >= 0.6 is 0 Å². The lowest BCUT2D eigenvalue weighted by Gasteiger charge is -2.34. The highest BCUT2D eigenvalue weighted by atomic mass is 19.4. The Balaban J connectivity index is 1.81. The van der Waals surface area contributed by atoms with E-state index in [1.807, 2.05) is 0 Å². The van der Waals surface area contributed by atoms with Crippen LogP contribution in [0.4, 0.5) is 13.2 Å². The summed E-state index contributed by atoms with van der Waals surface area (Å²) in [6, 6.07) is 8.06. The molecule has 128 valence electrons. The Morgan fingerprint density at radius 2 is 2.04 bits per heavy atom. The fourth-order valence-corrected chi connectivity index (χ4v) is 2.53. The van der Waals surface area contributed by atoms with Crippen molar-refractivity contribution in [1.82, 2.24) is 19.7 Å². The van der Waals surface area contributed by atoms with E-state index >= 15 is 0 Å². The summed E-state index contributed by atoms with van der Waals surface area (Å²) in [7, 11) is 0. The van der Waals surface area contributed by atoms with Crippen LogP contribution in [-0.2, 0) is 11.3 Å². The fourth-order valence-electron chi connectivity index (χ4n) is 2.53. The number of morpholine rings is 1. The number of hydrogen-bond acceptors (Lipinski definition) is 4. The van der Waals surface area contributed by atoms with Gasteiger partial charge in [-0.05, 0) is 12.1 Å². The zero-order chi connectivity index (χ0) is 17.2. The van der Waals surface area contributed by atoms with Crippen molar-refractivity contribution in [3.05, 3.63) is 48.0 Å². The summed E-state index contributed by atoms with van der Waals surface area (Å²) in [5.74, 6) is -0.0840. The van der Waals surface area contributed by atoms with Crippen LogP contribution in [0.1, 0.15) is 22.2 Å². The third kappa shape index (κ3) is 3.73. The van der Waals surface area contributed by atoms with E-state index < -0.39 is 18.8 Å². The van der Waals surface area contributed by atoms with Gasteiger partial charge in [-0.1, -0.05) is 18.2 Å². The molecular weight excluding hydrogens is 325 g/mol. The van der Waals surface area contributed by atoms with E-state index in [0.717, 1.165) is 11.0 Å². The maximum Gasteiger partial charge on any atom is 0.408 e. The van der Waals surface area contributed by atoms with Crippen molar-refractivity contribution in [3.8, 4) is 0 Å². The van der Waals surface area contributed by atoms with Crippen LogP contribution in [0.25, 0.3) is 0 Å². The highest BCUT2D eigenvalue weighted by molar-refractivity contribution is 5.94. The Bertz CT molecular complexity index is 702. The van der Waals surface area contributed by atoms with Gasteiger partial charge in [0.25, 0.3) is 5.91 Å². The summed E-state index contributed by atoms with van der Waals surface area (Å²) in [5, 5.41) is 3.86. The number of carbonyl (C=O) groups is 1. The van der Waals surface area contributed by atoms with Crippen molar-refractivity contribution < 1.29 is 22.7 Å². The summed E-state index contributed by atoms with van der Waals surface area (Å²) < 4.78 is 43.4. The first-order chi connectivity index (χ1) is 11.4. The van der Waals surface area contributed by atoms with Crippen molar-refractivity contribution in [2.75, 3.05) is 19.8 Å². The predicted molar refractivity (Wildman–Crippen MR) is 77.1 cm³/mol. The molecule has 1 amide bonds. The van der Waals surface area contributed by atoms with Gasteiger partial charge in [0.2, 0.25) is 0 Å². The van der Waals surface area contributed by atoms with Gasteiger partial charge >= 0.3 is 6.18 Å². The summed E-state index contributed by atoms with van der Waals surface area (Å²) >= 11 is 0. The van der Waals surface area contributed by atoms with E-state index in [1.54, 1.807) is 30.3 Å². The average molecular weight is 340 g/mol. The topological polar surface area (TPSA) is 60.3 Å². The fraction of sp³-hybridized carbons (Fsp3) is 0.400. The molecule has 0 bridgehead atoms. The molecule has 1 atom stereocenters. The molecule has 2 heterocycles. The molecule has 0 spiro atoms. The molecule has 2 aromatic rings. The van der Waals surface area contributed by atoms with E-state index in [2.05, 4.69) is 10.1 Å². The summed E-state index contributed by atoms with van der Waals surface area (Å²) in [5.41, 5.74) is 0.499. The first kappa shape index (κ1) is 16.4. The van der Waals surface area contributed by atoms with Gasteiger partial charge in [-0.2, -0.15) is 18.3 Å². The number of rotatable bonds is 3. The molecule has 1 aromatic carbocycles. The van der Waals surface area contributed by atoms with Crippen LogP contribution in [0.2, 0.25) is 0 Å². The average Bonchev–Trinajstić information content (AvgIpc) is 3.01. The monoisotopic (exact) mass is 340 g/mol. The van der Waals surface area contributed by atoms with Gasteiger partial charge in [0.05, 0.1) is 13.2 Å². The zero-order valence-corrected chi connectivity index (χ0v) is 12.6. The number of benzene rings is 1. The molecule has 24 heavy (non-hydrogen) atoms. The number of halogens is 3. The van der Waals surface area contributed by atoms with Gasteiger partial charge in [0, 0.05) is 12.1 Å². The molecular formula is C15H15F3N4O2. The van der Waals surface area contributed by atoms with E-state index in [-0.39, 0.29) is 18.3 Å². The van der Waals surface area contributed by atoms with Crippen molar-refractivity contribution in [3.63, 3.8) is 0 Å². The van der Waals surface area contributed by atoms with Crippen molar-refractivity contribution >= 4 is 5.91 Å². The van der Waals surface area contributed by atoms with Crippen LogP contribution in [0.3, 0.4) is 0 Å². The first-order valence-corrected chi connectivity index (χ1v) is 7.34. The molecule has 0 aliphatic carbocycles. The molecule has 0 saturated carbocycles. The highest BCUT2D eigenvalue weighted by Crippen LogP contribution is 2.24. The van der Waals surface area contributed by atoms with E-state index in [4.69, 9.17) is 4.74 Å². The zero-order valence-electron chi connectivity index (χ0n) is 12.6.